The Hall–Kier alpha value is -1.63. The molecule has 0 heterocycles. The van der Waals surface area contributed by atoms with E-state index in [2.05, 4.69) is 11.6 Å². The molecule has 0 aliphatic heterocycles. The summed E-state index contributed by atoms with van der Waals surface area (Å²) in [5.74, 6) is 1.09. The Morgan fingerprint density at radius 1 is 0.853 bits per heavy atom. The van der Waals surface area contributed by atoms with Crippen LogP contribution in [-0.4, -0.2) is 15.9 Å². The van der Waals surface area contributed by atoms with Crippen molar-refractivity contribution >= 4 is 40.2 Å². The molecule has 2 aromatic rings. The van der Waals surface area contributed by atoms with E-state index in [1.807, 2.05) is 26.0 Å². The third-order valence-corrected chi connectivity index (χ3v) is 6.87. The molecule has 0 radical (unpaired) electrons. The molecule has 1 atom stereocenters. The number of ether oxygens (including phenoxy) is 1. The monoisotopic (exact) mass is 529 g/mol. The van der Waals surface area contributed by atoms with Crippen molar-refractivity contribution in [2.24, 2.45) is 0 Å². The summed E-state index contributed by atoms with van der Waals surface area (Å²) in [6.07, 6.45) is 12.9. The number of benzene rings is 2. The van der Waals surface area contributed by atoms with Crippen molar-refractivity contribution in [1.82, 2.24) is 0 Å². The first-order chi connectivity index (χ1) is 16.3. The van der Waals surface area contributed by atoms with Gasteiger partial charge in [0.15, 0.2) is 5.75 Å². The van der Waals surface area contributed by atoms with Gasteiger partial charge in [-0.05, 0) is 55.7 Å². The SMILES string of the molecule is CCCCCCCCCCCCOc1cc(C)c(OS(=O)Nc2cc(Cl)c(O)c(Cl)c2)c(C)c1. The number of nitrogens with one attached hydrogen (secondary N) is 1. The molecular formula is C26H37Cl2NO4S. The van der Waals surface area contributed by atoms with Crippen molar-refractivity contribution in [3.63, 3.8) is 0 Å². The van der Waals surface area contributed by atoms with E-state index in [4.69, 9.17) is 32.1 Å². The first-order valence-corrected chi connectivity index (χ1v) is 13.9. The number of anilines is 1. The zero-order valence-corrected chi connectivity index (χ0v) is 22.8. The van der Waals surface area contributed by atoms with E-state index in [1.54, 1.807) is 0 Å². The van der Waals surface area contributed by atoms with Crippen LogP contribution in [0.15, 0.2) is 24.3 Å². The molecule has 0 bridgehead atoms. The lowest BCUT2D eigenvalue weighted by Crippen LogP contribution is -2.12. The third kappa shape index (κ3) is 9.93. The highest BCUT2D eigenvalue weighted by Crippen LogP contribution is 2.35. The molecule has 0 fully saturated rings. The molecule has 0 aromatic heterocycles. The van der Waals surface area contributed by atoms with Gasteiger partial charge >= 0.3 is 11.3 Å². The van der Waals surface area contributed by atoms with E-state index < -0.39 is 11.3 Å². The highest BCUT2D eigenvalue weighted by Gasteiger charge is 2.13. The Morgan fingerprint density at radius 2 is 1.35 bits per heavy atom. The highest BCUT2D eigenvalue weighted by molar-refractivity contribution is 7.82. The van der Waals surface area contributed by atoms with Gasteiger partial charge in [0, 0.05) is 0 Å². The number of phenolic OH excluding ortho intramolecular Hbond substituents is 1. The van der Waals surface area contributed by atoms with Crippen molar-refractivity contribution in [2.75, 3.05) is 11.3 Å². The van der Waals surface area contributed by atoms with Gasteiger partial charge in [-0.2, -0.15) is 4.21 Å². The second-order valence-electron chi connectivity index (χ2n) is 8.63. The second-order valence-corrected chi connectivity index (χ2v) is 10.3. The fraction of sp³-hybridized carbons (Fsp3) is 0.538. The van der Waals surface area contributed by atoms with E-state index in [9.17, 15) is 9.32 Å². The maximum absolute atomic E-state index is 12.5. The first-order valence-electron chi connectivity index (χ1n) is 12.1. The quantitative estimate of drug-likeness (QED) is 0.168. The number of phenols is 1. The molecule has 0 aliphatic carbocycles. The highest BCUT2D eigenvalue weighted by atomic mass is 35.5. The van der Waals surface area contributed by atoms with Gasteiger partial charge < -0.3 is 14.0 Å². The summed E-state index contributed by atoms with van der Waals surface area (Å²) in [5.41, 5.74) is 2.03. The molecule has 0 amide bonds. The maximum Gasteiger partial charge on any atom is 0.316 e. The predicted octanol–water partition coefficient (Wildman–Crippen LogP) is 8.69. The number of hydrogen-bond acceptors (Lipinski definition) is 4. The van der Waals surface area contributed by atoms with Crippen LogP contribution in [-0.2, 0) is 11.3 Å². The lowest BCUT2D eigenvalue weighted by atomic mass is 10.1. The Labute approximate surface area is 216 Å². The largest absolute Gasteiger partial charge is 0.505 e. The number of aryl methyl sites for hydroxylation is 2. The molecule has 0 saturated carbocycles. The molecule has 2 aromatic carbocycles. The first kappa shape index (κ1) is 28.6. The Balaban J connectivity index is 1.74. The van der Waals surface area contributed by atoms with Gasteiger partial charge in [0.1, 0.15) is 11.5 Å². The van der Waals surface area contributed by atoms with Crippen molar-refractivity contribution in [1.29, 1.82) is 0 Å². The van der Waals surface area contributed by atoms with Crippen LogP contribution in [0, 0.1) is 13.8 Å². The Kier molecular flexibility index (Phi) is 12.9. The summed E-state index contributed by atoms with van der Waals surface area (Å²) in [5, 5.41) is 9.76. The van der Waals surface area contributed by atoms with Crippen LogP contribution in [0.4, 0.5) is 5.69 Å². The average Bonchev–Trinajstić information content (AvgIpc) is 2.78. The van der Waals surface area contributed by atoms with Crippen LogP contribution >= 0.6 is 23.2 Å². The van der Waals surface area contributed by atoms with Gasteiger partial charge in [-0.25, -0.2) is 0 Å². The summed E-state index contributed by atoms with van der Waals surface area (Å²) in [6.45, 7) is 6.72. The Bertz CT molecular complexity index is 893. The molecule has 34 heavy (non-hydrogen) atoms. The normalized spacial score (nSPS) is 11.9. The summed E-state index contributed by atoms with van der Waals surface area (Å²) in [4.78, 5) is 0. The molecule has 2 rings (SSSR count). The molecule has 5 nitrogen and oxygen atoms in total. The fourth-order valence-electron chi connectivity index (χ4n) is 3.72. The minimum atomic E-state index is -1.88. The molecule has 2 N–H and O–H groups in total. The van der Waals surface area contributed by atoms with Crippen LogP contribution < -0.4 is 13.6 Å². The van der Waals surface area contributed by atoms with E-state index >= 15 is 0 Å². The van der Waals surface area contributed by atoms with Crippen LogP contribution in [0.25, 0.3) is 0 Å². The van der Waals surface area contributed by atoms with Crippen molar-refractivity contribution < 1.29 is 18.2 Å². The summed E-state index contributed by atoms with van der Waals surface area (Å²) in [7, 11) is 0. The van der Waals surface area contributed by atoms with Crippen molar-refractivity contribution in [3.05, 3.63) is 45.4 Å². The molecular weight excluding hydrogens is 493 g/mol. The maximum atomic E-state index is 12.5. The Morgan fingerprint density at radius 3 is 1.88 bits per heavy atom. The fourth-order valence-corrected chi connectivity index (χ4v) is 4.98. The van der Waals surface area contributed by atoms with Crippen LogP contribution in [0.1, 0.15) is 82.3 Å². The lowest BCUT2D eigenvalue weighted by molar-refractivity contribution is 0.303. The summed E-state index contributed by atoms with van der Waals surface area (Å²) < 4.78 is 26.7. The van der Waals surface area contributed by atoms with E-state index in [0.717, 1.165) is 23.3 Å². The van der Waals surface area contributed by atoms with E-state index in [1.165, 1.54) is 69.9 Å². The number of hydrogen-bond donors (Lipinski definition) is 2. The van der Waals surface area contributed by atoms with Gasteiger partial charge in [-0.15, -0.1) is 0 Å². The standard InChI is InChI=1S/C26H37Cl2NO4S/c1-4-5-6-7-8-9-10-11-12-13-14-32-22-15-19(2)26(20(3)16-22)33-34(31)29-21-17-23(27)25(30)24(28)18-21/h15-18,29-30H,4-14H2,1-3H3. The van der Waals surface area contributed by atoms with Crippen LogP contribution in [0.2, 0.25) is 10.0 Å². The number of unbranched alkanes of at least 4 members (excludes halogenated alkanes) is 9. The number of aromatic hydroxyl groups is 1. The van der Waals surface area contributed by atoms with E-state index in [0.29, 0.717) is 18.0 Å². The molecule has 1 unspecified atom stereocenters. The number of halogens is 2. The third-order valence-electron chi connectivity index (χ3n) is 5.58. The summed E-state index contributed by atoms with van der Waals surface area (Å²) >= 11 is 9.94. The smallest absolute Gasteiger partial charge is 0.316 e. The topological polar surface area (TPSA) is 67.8 Å². The average molecular weight is 531 g/mol. The molecule has 0 aliphatic rings. The van der Waals surface area contributed by atoms with Gasteiger partial charge in [-0.3, -0.25) is 4.72 Å². The van der Waals surface area contributed by atoms with Crippen LogP contribution in [0.5, 0.6) is 17.2 Å². The van der Waals surface area contributed by atoms with Gasteiger partial charge in [-0.1, -0.05) is 87.9 Å². The zero-order chi connectivity index (χ0) is 24.9. The second kappa shape index (κ2) is 15.4. The molecule has 8 heteroatoms. The van der Waals surface area contributed by atoms with Crippen molar-refractivity contribution in [2.45, 2.75) is 85.0 Å². The minimum Gasteiger partial charge on any atom is -0.505 e. The molecule has 0 spiro atoms. The minimum absolute atomic E-state index is 0.0586. The zero-order valence-electron chi connectivity index (χ0n) is 20.4. The molecule has 190 valence electrons. The van der Waals surface area contributed by atoms with Gasteiger partial charge in [0.05, 0.1) is 22.3 Å². The van der Waals surface area contributed by atoms with Crippen LogP contribution in [0.3, 0.4) is 0 Å². The van der Waals surface area contributed by atoms with Gasteiger partial charge in [0.25, 0.3) is 0 Å². The van der Waals surface area contributed by atoms with Gasteiger partial charge in [0.2, 0.25) is 0 Å². The molecule has 0 saturated heterocycles. The number of rotatable bonds is 16. The lowest BCUT2D eigenvalue weighted by Gasteiger charge is -2.14. The van der Waals surface area contributed by atoms with E-state index in [-0.39, 0.29) is 15.8 Å². The van der Waals surface area contributed by atoms with Crippen molar-refractivity contribution in [3.8, 4) is 17.2 Å². The summed E-state index contributed by atoms with van der Waals surface area (Å²) in [6, 6.07) is 6.64. The predicted molar refractivity (Wildman–Crippen MR) is 144 cm³/mol.